The fourth-order valence-corrected chi connectivity index (χ4v) is 2.73. The predicted octanol–water partition coefficient (Wildman–Crippen LogP) is 4.73. The summed E-state index contributed by atoms with van der Waals surface area (Å²) in [7, 11) is 0. The number of carbonyl (C=O) groups is 2. The highest BCUT2D eigenvalue weighted by Gasteiger charge is 2.22. The molecular formula is C19H14Cl2N2O3. The van der Waals surface area contributed by atoms with Crippen LogP contribution in [0.25, 0.3) is 10.8 Å². The summed E-state index contributed by atoms with van der Waals surface area (Å²) in [5.41, 5.74) is 0.499. The second kappa shape index (κ2) is 7.72. The van der Waals surface area contributed by atoms with Gasteiger partial charge in [0.25, 0.3) is 5.91 Å². The van der Waals surface area contributed by atoms with E-state index < -0.39 is 18.0 Å². The molecule has 1 amide bonds. The minimum Gasteiger partial charge on any atom is -0.448 e. The number of esters is 1. The number of benzene rings is 2. The van der Waals surface area contributed by atoms with Gasteiger partial charge in [-0.2, -0.15) is 0 Å². The number of aromatic nitrogens is 1. The highest BCUT2D eigenvalue weighted by atomic mass is 35.5. The van der Waals surface area contributed by atoms with Gasteiger partial charge in [-0.1, -0.05) is 59.6 Å². The first-order valence-corrected chi connectivity index (χ1v) is 8.53. The molecule has 3 rings (SSSR count). The minimum absolute atomic E-state index is 0.0982. The van der Waals surface area contributed by atoms with Crippen molar-refractivity contribution in [2.24, 2.45) is 0 Å². The molecule has 0 spiro atoms. The van der Waals surface area contributed by atoms with Crippen molar-refractivity contribution in [2.75, 3.05) is 5.32 Å². The van der Waals surface area contributed by atoms with E-state index in [9.17, 15) is 9.59 Å². The summed E-state index contributed by atoms with van der Waals surface area (Å²) in [6.45, 7) is 1.47. The molecule has 0 saturated heterocycles. The Bertz CT molecular complexity index is 986. The fraction of sp³-hybridized carbons (Fsp3) is 0.105. The van der Waals surface area contributed by atoms with Crippen molar-refractivity contribution in [1.29, 1.82) is 0 Å². The number of hydrogen-bond acceptors (Lipinski definition) is 4. The molecule has 26 heavy (non-hydrogen) atoms. The van der Waals surface area contributed by atoms with Gasteiger partial charge in [-0.3, -0.25) is 4.79 Å². The van der Waals surface area contributed by atoms with Crippen LogP contribution in [0.15, 0.2) is 54.6 Å². The number of carbonyl (C=O) groups excluding carboxylic acids is 2. The maximum atomic E-state index is 12.4. The number of nitrogens with one attached hydrogen (secondary N) is 1. The summed E-state index contributed by atoms with van der Waals surface area (Å²) < 4.78 is 5.16. The first-order chi connectivity index (χ1) is 12.5. The number of nitrogens with zero attached hydrogens (tertiary/aromatic N) is 1. The highest BCUT2D eigenvalue weighted by molar-refractivity contribution is 6.34. The van der Waals surface area contributed by atoms with Crippen LogP contribution in [0.3, 0.4) is 0 Å². The average Bonchev–Trinajstić information content (AvgIpc) is 2.63. The standard InChI is InChI=1S/C19H14Cl2N2O3/c1-11(26-19(25)17-14(20)9-10-16(21)23-17)18(24)22-15-8-4-6-12-5-2-3-7-13(12)15/h2-11H,1H3,(H,22,24)/t11-/m1/s1. The van der Waals surface area contributed by atoms with Crippen LogP contribution in [-0.4, -0.2) is 23.0 Å². The van der Waals surface area contributed by atoms with Gasteiger partial charge < -0.3 is 10.1 Å². The zero-order valence-electron chi connectivity index (χ0n) is 13.7. The third kappa shape index (κ3) is 3.95. The highest BCUT2D eigenvalue weighted by Crippen LogP contribution is 2.23. The van der Waals surface area contributed by atoms with Crippen LogP contribution < -0.4 is 5.32 Å². The lowest BCUT2D eigenvalue weighted by molar-refractivity contribution is -0.123. The normalized spacial score (nSPS) is 11.8. The fourth-order valence-electron chi connectivity index (χ4n) is 2.40. The molecule has 7 heteroatoms. The van der Waals surface area contributed by atoms with Gasteiger partial charge >= 0.3 is 5.97 Å². The van der Waals surface area contributed by atoms with Gasteiger partial charge in [0.05, 0.1) is 5.02 Å². The van der Waals surface area contributed by atoms with Gasteiger partial charge in [0, 0.05) is 11.1 Å². The predicted molar refractivity (Wildman–Crippen MR) is 102 cm³/mol. The second-order valence-electron chi connectivity index (χ2n) is 5.53. The molecule has 5 nitrogen and oxygen atoms in total. The summed E-state index contributed by atoms with van der Waals surface area (Å²) in [4.78, 5) is 28.4. The maximum absolute atomic E-state index is 12.4. The van der Waals surface area contributed by atoms with Crippen LogP contribution >= 0.6 is 23.2 Å². The van der Waals surface area contributed by atoms with E-state index in [1.807, 2.05) is 36.4 Å². The van der Waals surface area contributed by atoms with E-state index in [-0.39, 0.29) is 15.9 Å². The Kier molecular flexibility index (Phi) is 5.40. The van der Waals surface area contributed by atoms with Gasteiger partial charge in [0.2, 0.25) is 0 Å². The molecule has 0 aliphatic heterocycles. The Labute approximate surface area is 159 Å². The summed E-state index contributed by atoms with van der Waals surface area (Å²) in [5.74, 6) is -1.29. The van der Waals surface area contributed by atoms with Gasteiger partial charge in [-0.25, -0.2) is 9.78 Å². The smallest absolute Gasteiger partial charge is 0.359 e. The molecule has 0 bridgehead atoms. The molecule has 0 unspecified atom stereocenters. The van der Waals surface area contributed by atoms with Gasteiger partial charge in [-0.15, -0.1) is 0 Å². The average molecular weight is 389 g/mol. The van der Waals surface area contributed by atoms with E-state index in [2.05, 4.69) is 10.3 Å². The SMILES string of the molecule is C[C@@H](OC(=O)c1nc(Cl)ccc1Cl)C(=O)Nc1cccc2ccccc12. The Morgan fingerprint density at radius 1 is 1.04 bits per heavy atom. The number of anilines is 1. The van der Waals surface area contributed by atoms with Crippen molar-refractivity contribution in [3.63, 3.8) is 0 Å². The number of rotatable bonds is 4. The van der Waals surface area contributed by atoms with E-state index in [4.69, 9.17) is 27.9 Å². The minimum atomic E-state index is -1.04. The van der Waals surface area contributed by atoms with Crippen LogP contribution in [0, 0.1) is 0 Å². The van der Waals surface area contributed by atoms with Crippen molar-refractivity contribution in [3.05, 3.63) is 70.5 Å². The van der Waals surface area contributed by atoms with Crippen LogP contribution in [-0.2, 0) is 9.53 Å². The maximum Gasteiger partial charge on any atom is 0.359 e. The molecule has 1 heterocycles. The Balaban J connectivity index is 1.73. The number of pyridine rings is 1. The lowest BCUT2D eigenvalue weighted by Crippen LogP contribution is -2.30. The molecule has 0 aliphatic carbocycles. The first-order valence-electron chi connectivity index (χ1n) is 7.77. The molecule has 132 valence electrons. The molecule has 0 fully saturated rings. The van der Waals surface area contributed by atoms with Crippen molar-refractivity contribution < 1.29 is 14.3 Å². The largest absolute Gasteiger partial charge is 0.448 e. The van der Waals surface area contributed by atoms with Crippen LogP contribution in [0.1, 0.15) is 17.4 Å². The third-order valence-electron chi connectivity index (χ3n) is 3.71. The van der Waals surface area contributed by atoms with Crippen LogP contribution in [0.5, 0.6) is 0 Å². The number of ether oxygens (including phenoxy) is 1. The summed E-state index contributed by atoms with van der Waals surface area (Å²) in [5, 5.41) is 4.86. The quantitative estimate of drug-likeness (QED) is 0.518. The monoisotopic (exact) mass is 388 g/mol. The molecule has 0 saturated carbocycles. The Morgan fingerprint density at radius 2 is 1.77 bits per heavy atom. The number of fused-ring (bicyclic) bond motifs is 1. The topological polar surface area (TPSA) is 68.3 Å². The van der Waals surface area contributed by atoms with E-state index in [0.29, 0.717) is 5.69 Å². The van der Waals surface area contributed by atoms with E-state index in [0.717, 1.165) is 10.8 Å². The van der Waals surface area contributed by atoms with Crippen LogP contribution in [0.2, 0.25) is 10.2 Å². The Hall–Kier alpha value is -2.63. The molecule has 3 aromatic rings. The molecule has 2 aromatic carbocycles. The van der Waals surface area contributed by atoms with E-state index >= 15 is 0 Å². The summed E-state index contributed by atoms with van der Waals surface area (Å²) in [6, 6.07) is 16.1. The van der Waals surface area contributed by atoms with Gasteiger partial charge in [0.1, 0.15) is 5.15 Å². The molecule has 1 aromatic heterocycles. The van der Waals surface area contributed by atoms with E-state index in [1.165, 1.54) is 19.1 Å². The van der Waals surface area contributed by atoms with Crippen molar-refractivity contribution in [3.8, 4) is 0 Å². The van der Waals surface area contributed by atoms with Crippen LogP contribution in [0.4, 0.5) is 5.69 Å². The summed E-state index contributed by atoms with van der Waals surface area (Å²) in [6.07, 6.45) is -1.04. The third-order valence-corrected chi connectivity index (χ3v) is 4.22. The first kappa shape index (κ1) is 18.2. The number of amides is 1. The molecule has 1 atom stereocenters. The lowest BCUT2D eigenvalue weighted by atomic mass is 10.1. The van der Waals surface area contributed by atoms with Crippen molar-refractivity contribution in [2.45, 2.75) is 13.0 Å². The van der Waals surface area contributed by atoms with E-state index in [1.54, 1.807) is 6.07 Å². The lowest BCUT2D eigenvalue weighted by Gasteiger charge is -2.15. The molecular weight excluding hydrogens is 375 g/mol. The van der Waals surface area contributed by atoms with Gasteiger partial charge in [0.15, 0.2) is 11.8 Å². The summed E-state index contributed by atoms with van der Waals surface area (Å²) >= 11 is 11.7. The molecule has 0 radical (unpaired) electrons. The zero-order chi connectivity index (χ0) is 18.7. The van der Waals surface area contributed by atoms with Crippen molar-refractivity contribution in [1.82, 2.24) is 4.98 Å². The Morgan fingerprint density at radius 3 is 2.58 bits per heavy atom. The zero-order valence-corrected chi connectivity index (χ0v) is 15.2. The number of halogens is 2. The molecule has 0 aliphatic rings. The van der Waals surface area contributed by atoms with Gasteiger partial charge in [-0.05, 0) is 30.5 Å². The second-order valence-corrected chi connectivity index (χ2v) is 6.32. The van der Waals surface area contributed by atoms with Crippen molar-refractivity contribution >= 4 is 51.5 Å². The molecule has 1 N–H and O–H groups in total. The number of hydrogen-bond donors (Lipinski definition) is 1.